The highest BCUT2D eigenvalue weighted by atomic mass is 16.4. The Hall–Kier alpha value is -2.76. The summed E-state index contributed by atoms with van der Waals surface area (Å²) in [5, 5.41) is 10.8. The van der Waals surface area contributed by atoms with Crippen LogP contribution in [-0.2, 0) is 12.8 Å². The normalized spacial score (nSPS) is 14.1. The van der Waals surface area contributed by atoms with Crippen LogP contribution in [0, 0.1) is 0 Å². The van der Waals surface area contributed by atoms with Gasteiger partial charge in [0.25, 0.3) is 5.89 Å². The van der Waals surface area contributed by atoms with Crippen molar-refractivity contribution in [3.8, 4) is 11.5 Å². The zero-order valence-corrected chi connectivity index (χ0v) is 11.2. The van der Waals surface area contributed by atoms with Crippen molar-refractivity contribution in [1.82, 2.24) is 20.2 Å². The van der Waals surface area contributed by atoms with Crippen molar-refractivity contribution in [2.24, 2.45) is 0 Å². The van der Waals surface area contributed by atoms with Crippen molar-refractivity contribution in [3.63, 3.8) is 0 Å². The third-order valence-corrected chi connectivity index (χ3v) is 3.64. The SMILES string of the molecule is c1ccc2c(c1)CC(Nc1ncc(-c3nnco3)cn1)C2. The van der Waals surface area contributed by atoms with Gasteiger partial charge in [-0.1, -0.05) is 24.3 Å². The van der Waals surface area contributed by atoms with Crippen LogP contribution in [0.3, 0.4) is 0 Å². The summed E-state index contributed by atoms with van der Waals surface area (Å²) in [5.41, 5.74) is 3.52. The first-order valence-electron chi connectivity index (χ1n) is 6.80. The molecule has 1 aliphatic rings. The van der Waals surface area contributed by atoms with Crippen molar-refractivity contribution in [2.45, 2.75) is 18.9 Å². The van der Waals surface area contributed by atoms with Gasteiger partial charge in [0.1, 0.15) is 0 Å². The van der Waals surface area contributed by atoms with Gasteiger partial charge in [-0.2, -0.15) is 0 Å². The van der Waals surface area contributed by atoms with E-state index >= 15 is 0 Å². The molecule has 0 aliphatic heterocycles. The average Bonchev–Trinajstić information content (AvgIpc) is 3.17. The Kier molecular flexibility index (Phi) is 2.85. The van der Waals surface area contributed by atoms with E-state index in [1.165, 1.54) is 17.5 Å². The molecule has 0 fully saturated rings. The molecule has 0 unspecified atom stereocenters. The summed E-state index contributed by atoms with van der Waals surface area (Å²) in [6, 6.07) is 8.86. The molecule has 3 aromatic rings. The molecular formula is C15H13N5O. The monoisotopic (exact) mass is 279 g/mol. The molecule has 0 spiro atoms. The smallest absolute Gasteiger partial charge is 0.250 e. The molecule has 1 N–H and O–H groups in total. The minimum atomic E-state index is 0.344. The molecule has 0 bridgehead atoms. The molecule has 1 aromatic carbocycles. The molecule has 4 rings (SSSR count). The third-order valence-electron chi connectivity index (χ3n) is 3.64. The molecule has 0 atom stereocenters. The van der Waals surface area contributed by atoms with E-state index in [0.29, 0.717) is 23.4 Å². The predicted octanol–water partition coefficient (Wildman–Crippen LogP) is 2.11. The summed E-state index contributed by atoms with van der Waals surface area (Å²) in [4.78, 5) is 8.62. The number of nitrogens with zero attached hydrogens (tertiary/aromatic N) is 4. The molecular weight excluding hydrogens is 266 g/mol. The molecule has 2 aromatic heterocycles. The summed E-state index contributed by atoms with van der Waals surface area (Å²) >= 11 is 0. The Morgan fingerprint density at radius 2 is 1.76 bits per heavy atom. The Labute approximate surface area is 121 Å². The Morgan fingerprint density at radius 3 is 2.38 bits per heavy atom. The number of fused-ring (bicyclic) bond motifs is 1. The van der Waals surface area contributed by atoms with E-state index in [2.05, 4.69) is 49.7 Å². The lowest BCUT2D eigenvalue weighted by atomic mass is 10.1. The van der Waals surface area contributed by atoms with E-state index in [0.717, 1.165) is 12.8 Å². The second-order valence-electron chi connectivity index (χ2n) is 5.06. The van der Waals surface area contributed by atoms with Gasteiger partial charge in [-0.3, -0.25) is 0 Å². The average molecular weight is 279 g/mol. The lowest BCUT2D eigenvalue weighted by Crippen LogP contribution is -2.20. The van der Waals surface area contributed by atoms with Gasteiger partial charge < -0.3 is 9.73 Å². The maximum Gasteiger partial charge on any atom is 0.250 e. The Balaban J connectivity index is 1.47. The number of rotatable bonds is 3. The van der Waals surface area contributed by atoms with Crippen LogP contribution in [0.5, 0.6) is 0 Å². The minimum absolute atomic E-state index is 0.344. The van der Waals surface area contributed by atoms with Gasteiger partial charge in [-0.15, -0.1) is 10.2 Å². The molecule has 2 heterocycles. The van der Waals surface area contributed by atoms with Crippen molar-refractivity contribution < 1.29 is 4.42 Å². The molecule has 104 valence electrons. The lowest BCUT2D eigenvalue weighted by Gasteiger charge is -2.11. The highest BCUT2D eigenvalue weighted by Gasteiger charge is 2.21. The van der Waals surface area contributed by atoms with Crippen molar-refractivity contribution in [3.05, 3.63) is 54.2 Å². The van der Waals surface area contributed by atoms with E-state index in [1.54, 1.807) is 12.4 Å². The number of benzene rings is 1. The van der Waals surface area contributed by atoms with E-state index in [4.69, 9.17) is 4.42 Å². The fourth-order valence-corrected chi connectivity index (χ4v) is 2.66. The summed E-state index contributed by atoms with van der Waals surface area (Å²) in [6.07, 6.45) is 6.67. The van der Waals surface area contributed by atoms with Gasteiger partial charge >= 0.3 is 0 Å². The van der Waals surface area contributed by atoms with Crippen molar-refractivity contribution in [1.29, 1.82) is 0 Å². The third kappa shape index (κ3) is 2.35. The standard InChI is InChI=1S/C15H13N5O/c1-2-4-11-6-13(5-10(11)3-1)19-15-16-7-12(8-17-15)14-20-18-9-21-14/h1-4,7-9,13H,5-6H2,(H,16,17,19). The van der Waals surface area contributed by atoms with Gasteiger partial charge in [-0.05, 0) is 24.0 Å². The van der Waals surface area contributed by atoms with Gasteiger partial charge in [0.05, 0.1) is 5.56 Å². The molecule has 6 heteroatoms. The topological polar surface area (TPSA) is 76.7 Å². The first-order chi connectivity index (χ1) is 10.4. The number of nitrogens with one attached hydrogen (secondary N) is 1. The minimum Gasteiger partial charge on any atom is -0.423 e. The van der Waals surface area contributed by atoms with E-state index in [1.807, 2.05) is 0 Å². The Bertz CT molecular complexity index is 714. The van der Waals surface area contributed by atoms with E-state index in [9.17, 15) is 0 Å². The zero-order valence-electron chi connectivity index (χ0n) is 11.2. The summed E-state index contributed by atoms with van der Waals surface area (Å²) in [5.74, 6) is 1.05. The van der Waals surface area contributed by atoms with Crippen LogP contribution in [0.15, 0.2) is 47.5 Å². The van der Waals surface area contributed by atoms with Crippen molar-refractivity contribution >= 4 is 5.95 Å². The van der Waals surface area contributed by atoms with Crippen LogP contribution in [0.25, 0.3) is 11.5 Å². The quantitative estimate of drug-likeness (QED) is 0.791. The summed E-state index contributed by atoms with van der Waals surface area (Å²) < 4.78 is 5.11. The molecule has 6 nitrogen and oxygen atoms in total. The highest BCUT2D eigenvalue weighted by Crippen LogP contribution is 2.23. The maximum atomic E-state index is 5.11. The molecule has 0 saturated carbocycles. The molecule has 0 saturated heterocycles. The van der Waals surface area contributed by atoms with E-state index in [-0.39, 0.29) is 0 Å². The highest BCUT2D eigenvalue weighted by molar-refractivity contribution is 5.50. The van der Waals surface area contributed by atoms with Crippen LogP contribution in [0.4, 0.5) is 5.95 Å². The summed E-state index contributed by atoms with van der Waals surface area (Å²) in [6.45, 7) is 0. The van der Waals surface area contributed by atoms with Crippen LogP contribution >= 0.6 is 0 Å². The maximum absolute atomic E-state index is 5.11. The second-order valence-corrected chi connectivity index (χ2v) is 5.06. The van der Waals surface area contributed by atoms with Gasteiger partial charge in [0.15, 0.2) is 0 Å². The number of hydrogen-bond acceptors (Lipinski definition) is 6. The fraction of sp³-hybridized carbons (Fsp3) is 0.200. The second kappa shape index (κ2) is 4.97. The number of aromatic nitrogens is 4. The lowest BCUT2D eigenvalue weighted by molar-refractivity contribution is 0.568. The van der Waals surface area contributed by atoms with Crippen molar-refractivity contribution in [2.75, 3.05) is 5.32 Å². The molecule has 0 amide bonds. The summed E-state index contributed by atoms with van der Waals surface area (Å²) in [7, 11) is 0. The predicted molar refractivity (Wildman–Crippen MR) is 76.6 cm³/mol. The zero-order chi connectivity index (χ0) is 14.1. The fourth-order valence-electron chi connectivity index (χ4n) is 2.66. The molecule has 21 heavy (non-hydrogen) atoms. The number of hydrogen-bond donors (Lipinski definition) is 1. The van der Waals surface area contributed by atoms with Crippen LogP contribution in [-0.4, -0.2) is 26.2 Å². The van der Waals surface area contributed by atoms with Gasteiger partial charge in [0, 0.05) is 18.4 Å². The van der Waals surface area contributed by atoms with Gasteiger partial charge in [0.2, 0.25) is 12.3 Å². The van der Waals surface area contributed by atoms with Gasteiger partial charge in [-0.25, -0.2) is 9.97 Å². The van der Waals surface area contributed by atoms with Crippen LogP contribution in [0.2, 0.25) is 0 Å². The Morgan fingerprint density at radius 1 is 1.05 bits per heavy atom. The van der Waals surface area contributed by atoms with Crippen LogP contribution in [0.1, 0.15) is 11.1 Å². The first-order valence-corrected chi connectivity index (χ1v) is 6.80. The number of anilines is 1. The molecule has 1 aliphatic carbocycles. The van der Waals surface area contributed by atoms with Crippen LogP contribution < -0.4 is 5.32 Å². The largest absolute Gasteiger partial charge is 0.423 e. The molecule has 0 radical (unpaired) electrons. The first kappa shape index (κ1) is 12.0. The van der Waals surface area contributed by atoms with E-state index < -0.39 is 0 Å².